The summed E-state index contributed by atoms with van der Waals surface area (Å²) in [5, 5.41) is 17.6. The van der Waals surface area contributed by atoms with Crippen LogP contribution in [-0.2, 0) is 19.2 Å². The van der Waals surface area contributed by atoms with Crippen molar-refractivity contribution in [1.29, 1.82) is 0 Å². The highest BCUT2D eigenvalue weighted by atomic mass is 32.1. The Morgan fingerprint density at radius 1 is 1.20 bits per heavy atom. The molecular weight excluding hydrogens is 544 g/mol. The number of hydrogen-bond donors (Lipinski definition) is 2. The number of likely N-dealkylation sites (N-methyl/N-ethyl adjacent to an activating group) is 1. The van der Waals surface area contributed by atoms with Crippen molar-refractivity contribution in [2.45, 2.75) is 117 Å². The number of aliphatic hydroxyl groups is 1. The molecule has 11 heteroatoms. The number of aromatic nitrogens is 1. The maximum atomic E-state index is 14.3. The second-order valence-electron chi connectivity index (χ2n) is 11.4. The van der Waals surface area contributed by atoms with Crippen LogP contribution in [0.25, 0.3) is 0 Å². The summed E-state index contributed by atoms with van der Waals surface area (Å²) in [6, 6.07) is -1.51. The van der Waals surface area contributed by atoms with Crippen molar-refractivity contribution >= 4 is 29.1 Å². The predicted molar refractivity (Wildman–Crippen MR) is 160 cm³/mol. The Balaban J connectivity index is 2.32. The molecule has 5 atom stereocenters. The zero-order valence-electron chi connectivity index (χ0n) is 26.1. The van der Waals surface area contributed by atoms with Crippen LogP contribution in [0.3, 0.4) is 0 Å². The third kappa shape index (κ3) is 10.3. The molecule has 0 saturated carbocycles. The molecule has 0 unspecified atom stereocenters. The lowest BCUT2D eigenvalue weighted by Gasteiger charge is -2.38. The van der Waals surface area contributed by atoms with Gasteiger partial charge in [-0.1, -0.05) is 60.3 Å². The van der Waals surface area contributed by atoms with Gasteiger partial charge in [-0.25, -0.2) is 14.8 Å². The van der Waals surface area contributed by atoms with Gasteiger partial charge in [0.15, 0.2) is 5.69 Å². The molecule has 1 aromatic rings. The number of carbonyl (C=O) groups excluding carboxylic acids is 3. The fourth-order valence-corrected chi connectivity index (χ4v) is 5.81. The first-order valence-electron chi connectivity index (χ1n) is 15.3. The molecule has 10 nitrogen and oxygen atoms in total. The molecule has 2 heterocycles. The van der Waals surface area contributed by atoms with E-state index in [0.29, 0.717) is 18.0 Å². The third-order valence-corrected chi connectivity index (χ3v) is 8.82. The summed E-state index contributed by atoms with van der Waals surface area (Å²) >= 11 is 1.18. The molecule has 41 heavy (non-hydrogen) atoms. The molecule has 2 N–H and O–H groups in total. The number of esters is 1. The molecular formula is C30H52N4O6S. The van der Waals surface area contributed by atoms with Crippen LogP contribution in [-0.4, -0.2) is 82.8 Å². The Labute approximate surface area is 250 Å². The molecule has 0 aliphatic carbocycles. The van der Waals surface area contributed by atoms with Crippen LogP contribution in [0.15, 0.2) is 5.38 Å². The molecule has 0 aromatic carbocycles. The van der Waals surface area contributed by atoms with Crippen molar-refractivity contribution in [3.05, 3.63) is 16.1 Å². The second-order valence-corrected chi connectivity index (χ2v) is 12.3. The number of unbranched alkanes of at least 4 members (excludes halogenated alkanes) is 2. The average Bonchev–Trinajstić information content (AvgIpc) is 3.45. The molecule has 0 bridgehead atoms. The molecule has 1 aromatic heterocycles. The van der Waals surface area contributed by atoms with Gasteiger partial charge >= 0.3 is 5.97 Å². The summed E-state index contributed by atoms with van der Waals surface area (Å²) < 4.78 is 5.03. The molecule has 0 radical (unpaired) electrons. The summed E-state index contributed by atoms with van der Waals surface area (Å²) in [5.41, 5.74) is 0.156. The van der Waals surface area contributed by atoms with E-state index in [1.807, 2.05) is 34.7 Å². The summed E-state index contributed by atoms with van der Waals surface area (Å²) in [7, 11) is 1.95. The normalized spacial score (nSPS) is 18.9. The zero-order chi connectivity index (χ0) is 30.5. The lowest BCUT2D eigenvalue weighted by Crippen LogP contribution is -2.58. The van der Waals surface area contributed by atoms with E-state index in [4.69, 9.17) is 9.57 Å². The minimum Gasteiger partial charge on any atom is -0.461 e. The number of hydrogen-bond acceptors (Lipinski definition) is 9. The maximum absolute atomic E-state index is 14.3. The number of amides is 2. The summed E-state index contributed by atoms with van der Waals surface area (Å²) in [6.07, 6.45) is 5.43. The van der Waals surface area contributed by atoms with Gasteiger partial charge in [-0.3, -0.25) is 19.3 Å². The summed E-state index contributed by atoms with van der Waals surface area (Å²) in [4.78, 5) is 52.3. The Kier molecular flexibility index (Phi) is 15.2. The first kappa shape index (κ1) is 35.1. The van der Waals surface area contributed by atoms with E-state index in [1.165, 1.54) is 16.4 Å². The number of hydroxylamine groups is 2. The van der Waals surface area contributed by atoms with Crippen molar-refractivity contribution < 1.29 is 29.1 Å². The van der Waals surface area contributed by atoms with E-state index in [9.17, 15) is 19.5 Å². The Morgan fingerprint density at radius 3 is 2.54 bits per heavy atom. The lowest BCUT2D eigenvalue weighted by atomic mass is 9.93. The SMILES string of the molecule is CCCCCON(C(=O)[C@@H](NC(=O)[C@H]1CCCCN1C)[C@@H](C)CC)[C@H](C[C@@H](O)c1nc(C(=O)OCC)cs1)C(C)C. The Morgan fingerprint density at radius 2 is 1.93 bits per heavy atom. The van der Waals surface area contributed by atoms with Gasteiger partial charge in [-0.15, -0.1) is 11.3 Å². The highest BCUT2D eigenvalue weighted by Gasteiger charge is 2.39. The fourth-order valence-electron chi connectivity index (χ4n) is 5.02. The molecule has 234 valence electrons. The number of likely N-dealkylation sites (tertiary alicyclic amines) is 1. The van der Waals surface area contributed by atoms with Crippen LogP contribution in [0.4, 0.5) is 0 Å². The first-order chi connectivity index (χ1) is 19.5. The summed E-state index contributed by atoms with van der Waals surface area (Å²) in [6.45, 7) is 13.2. The van der Waals surface area contributed by atoms with Crippen LogP contribution >= 0.6 is 11.3 Å². The van der Waals surface area contributed by atoms with Crippen molar-refractivity contribution in [1.82, 2.24) is 20.3 Å². The molecule has 2 rings (SSSR count). The minimum absolute atomic E-state index is 0.0676. The van der Waals surface area contributed by atoms with E-state index in [2.05, 4.69) is 22.1 Å². The Bertz CT molecular complexity index is 957. The van der Waals surface area contributed by atoms with Crippen LogP contribution in [0, 0.1) is 11.8 Å². The quantitative estimate of drug-likeness (QED) is 0.150. The molecule has 0 spiro atoms. The number of thiazole rings is 1. The molecule has 1 aliphatic heterocycles. The first-order valence-corrected chi connectivity index (χ1v) is 16.2. The van der Waals surface area contributed by atoms with Crippen molar-refractivity contribution in [3.63, 3.8) is 0 Å². The van der Waals surface area contributed by atoms with Crippen LogP contribution in [0.2, 0.25) is 0 Å². The molecule has 1 aliphatic rings. The third-order valence-electron chi connectivity index (χ3n) is 7.87. The number of piperidine rings is 1. The van der Waals surface area contributed by atoms with Gasteiger partial charge in [0.05, 0.1) is 25.3 Å². The predicted octanol–water partition coefficient (Wildman–Crippen LogP) is 4.73. The fraction of sp³-hybridized carbons (Fsp3) is 0.800. The van der Waals surface area contributed by atoms with Gasteiger partial charge in [-0.2, -0.15) is 0 Å². The van der Waals surface area contributed by atoms with Crippen molar-refractivity contribution in [2.75, 3.05) is 26.8 Å². The van der Waals surface area contributed by atoms with Gasteiger partial charge in [0.2, 0.25) is 5.91 Å². The maximum Gasteiger partial charge on any atom is 0.357 e. The zero-order valence-corrected chi connectivity index (χ0v) is 26.9. The van der Waals surface area contributed by atoms with Crippen molar-refractivity contribution in [3.8, 4) is 0 Å². The minimum atomic E-state index is -1.02. The van der Waals surface area contributed by atoms with E-state index in [-0.39, 0.29) is 48.4 Å². The van der Waals surface area contributed by atoms with Gasteiger partial charge in [-0.05, 0) is 51.6 Å². The van der Waals surface area contributed by atoms with Gasteiger partial charge in [0.25, 0.3) is 5.91 Å². The highest BCUT2D eigenvalue weighted by molar-refractivity contribution is 7.09. The highest BCUT2D eigenvalue weighted by Crippen LogP contribution is 2.29. The molecule has 1 fully saturated rings. The van der Waals surface area contributed by atoms with Gasteiger partial charge < -0.3 is 15.2 Å². The van der Waals surface area contributed by atoms with E-state index in [1.54, 1.807) is 12.3 Å². The standard InChI is InChI=1S/C30H52N4O6S/c1-8-11-14-17-40-34(24(20(4)5)18-25(35)28-31-22(19-41-28)30(38)39-10-3)29(37)26(21(6)9-2)32-27(36)23-15-12-13-16-33(23)7/h19-21,23-26,35H,8-18H2,1-7H3,(H,32,36)/t21-,23+,24+,25+,26-/m0/s1. The van der Waals surface area contributed by atoms with Crippen LogP contribution < -0.4 is 5.32 Å². The summed E-state index contributed by atoms with van der Waals surface area (Å²) in [5.74, 6) is -1.16. The monoisotopic (exact) mass is 596 g/mol. The number of nitrogens with zero attached hydrogens (tertiary/aromatic N) is 3. The molecule has 1 saturated heterocycles. The smallest absolute Gasteiger partial charge is 0.357 e. The molecule has 2 amide bonds. The average molecular weight is 597 g/mol. The van der Waals surface area contributed by atoms with Crippen LogP contribution in [0.1, 0.15) is 115 Å². The number of aliphatic hydroxyl groups excluding tert-OH is 1. The van der Waals surface area contributed by atoms with E-state index in [0.717, 1.165) is 45.1 Å². The number of carbonyl (C=O) groups is 3. The number of ether oxygens (including phenoxy) is 1. The van der Waals surface area contributed by atoms with Crippen molar-refractivity contribution in [2.24, 2.45) is 11.8 Å². The second kappa shape index (κ2) is 17.8. The van der Waals surface area contributed by atoms with Gasteiger partial charge in [0.1, 0.15) is 17.2 Å². The number of rotatable bonds is 17. The largest absolute Gasteiger partial charge is 0.461 e. The Hall–Kier alpha value is -2.08. The van der Waals surface area contributed by atoms with E-state index >= 15 is 0 Å². The lowest BCUT2D eigenvalue weighted by molar-refractivity contribution is -0.212. The van der Waals surface area contributed by atoms with Crippen LogP contribution in [0.5, 0.6) is 0 Å². The topological polar surface area (TPSA) is 121 Å². The van der Waals surface area contributed by atoms with E-state index < -0.39 is 24.2 Å². The number of nitrogens with one attached hydrogen (secondary N) is 1. The van der Waals surface area contributed by atoms with Gasteiger partial charge in [0, 0.05) is 11.8 Å².